The van der Waals surface area contributed by atoms with Gasteiger partial charge in [0.2, 0.25) is 5.95 Å². The lowest BCUT2D eigenvalue weighted by atomic mass is 9.97. The lowest BCUT2D eigenvalue weighted by Gasteiger charge is -2.24. The third-order valence-electron chi connectivity index (χ3n) is 4.94. The number of nitrogens with zero attached hydrogens (tertiary/aromatic N) is 3. The molecule has 1 unspecified atom stereocenters. The van der Waals surface area contributed by atoms with Crippen molar-refractivity contribution in [1.29, 1.82) is 0 Å². The van der Waals surface area contributed by atoms with E-state index in [1.807, 2.05) is 0 Å². The minimum Gasteiger partial charge on any atom is -0.356 e. The Balaban J connectivity index is 2.07. The fraction of sp³-hybridized carbons (Fsp3) is 0.368. The lowest BCUT2D eigenvalue weighted by Crippen LogP contribution is -2.26. The molecule has 1 aliphatic rings. The van der Waals surface area contributed by atoms with Gasteiger partial charge >= 0.3 is 12.8 Å². The number of fused-ring (bicyclic) bond motifs is 3. The molecule has 0 aliphatic carbocycles. The second-order valence-corrected chi connectivity index (χ2v) is 7.22. The molecule has 0 amide bonds. The van der Waals surface area contributed by atoms with Gasteiger partial charge in [-0.05, 0) is 25.5 Å². The zero-order valence-electron chi connectivity index (χ0n) is 15.6. The average molecular weight is 447 g/mol. The molecule has 1 atom stereocenters. The number of anilines is 1. The smallest absolute Gasteiger partial charge is 0.356 e. The summed E-state index contributed by atoms with van der Waals surface area (Å²) in [6.45, 7) is -0.993. The van der Waals surface area contributed by atoms with Gasteiger partial charge in [0, 0.05) is 41.7 Å². The van der Waals surface area contributed by atoms with Crippen molar-refractivity contribution in [3.63, 3.8) is 0 Å². The first-order valence-electron chi connectivity index (χ1n) is 9.07. The lowest BCUT2D eigenvalue weighted by molar-refractivity contribution is -0.276. The van der Waals surface area contributed by atoms with E-state index in [0.717, 1.165) is 6.07 Å². The molecule has 1 aromatic carbocycles. The number of imidazole rings is 1. The molecule has 0 fully saturated rings. The molecule has 11 heteroatoms. The molecule has 1 N–H and O–H groups in total. The highest BCUT2D eigenvalue weighted by atomic mass is 35.5. The summed E-state index contributed by atoms with van der Waals surface area (Å²) in [6, 6.07) is 4.40. The Hall–Kier alpha value is -2.46. The van der Waals surface area contributed by atoms with E-state index in [1.54, 1.807) is 19.1 Å². The highest BCUT2D eigenvalue weighted by Gasteiger charge is 2.46. The number of nitrogens with one attached hydrogen (secondary N) is 1. The topological polar surface area (TPSA) is 52.0 Å². The molecule has 3 aromatic rings. The van der Waals surface area contributed by atoms with Crippen LogP contribution in [0.15, 0.2) is 24.4 Å². The van der Waals surface area contributed by atoms with E-state index in [4.69, 9.17) is 11.6 Å². The summed E-state index contributed by atoms with van der Waals surface area (Å²) >= 11 is 6.56. The van der Waals surface area contributed by atoms with Crippen LogP contribution in [0.25, 0.3) is 22.2 Å². The SMILES string of the molecule is Cc1ncccc1-c1cc(C(OC(F)F)C(F)(F)F)c2c(nc3n2CCCN3)c1Cl. The predicted octanol–water partition coefficient (Wildman–Crippen LogP) is 5.72. The molecule has 0 saturated carbocycles. The van der Waals surface area contributed by atoms with E-state index in [0.29, 0.717) is 36.7 Å². The van der Waals surface area contributed by atoms with Gasteiger partial charge in [-0.2, -0.15) is 22.0 Å². The Morgan fingerprint density at radius 3 is 2.70 bits per heavy atom. The summed E-state index contributed by atoms with van der Waals surface area (Å²) in [5.41, 5.74) is 0.849. The Labute approximate surface area is 172 Å². The van der Waals surface area contributed by atoms with Crippen molar-refractivity contribution in [3.05, 3.63) is 40.7 Å². The van der Waals surface area contributed by atoms with Crippen LogP contribution >= 0.6 is 11.6 Å². The average Bonchev–Trinajstić information content (AvgIpc) is 3.07. The number of aryl methyl sites for hydroxylation is 2. The molecule has 0 saturated heterocycles. The fourth-order valence-electron chi connectivity index (χ4n) is 3.70. The highest BCUT2D eigenvalue weighted by Crippen LogP contribution is 2.46. The molecule has 1 aliphatic heterocycles. The molecular weight excluding hydrogens is 431 g/mol. The summed E-state index contributed by atoms with van der Waals surface area (Å²) in [5.74, 6) is 0.331. The predicted molar refractivity (Wildman–Crippen MR) is 102 cm³/mol. The number of benzene rings is 1. The van der Waals surface area contributed by atoms with Crippen molar-refractivity contribution in [2.24, 2.45) is 0 Å². The Kier molecular flexibility index (Phi) is 5.31. The number of hydrogen-bond donors (Lipinski definition) is 1. The molecule has 5 nitrogen and oxygen atoms in total. The van der Waals surface area contributed by atoms with Crippen LogP contribution in [-0.4, -0.2) is 33.9 Å². The van der Waals surface area contributed by atoms with Crippen LogP contribution in [-0.2, 0) is 11.3 Å². The van der Waals surface area contributed by atoms with Crippen LogP contribution < -0.4 is 5.32 Å². The van der Waals surface area contributed by atoms with Crippen molar-refractivity contribution in [1.82, 2.24) is 14.5 Å². The molecule has 0 bridgehead atoms. The quantitative estimate of drug-likeness (QED) is 0.521. The number of rotatable bonds is 4. The maximum Gasteiger partial charge on any atom is 0.419 e. The van der Waals surface area contributed by atoms with Gasteiger partial charge in [-0.3, -0.25) is 4.98 Å². The second kappa shape index (κ2) is 7.66. The van der Waals surface area contributed by atoms with Crippen molar-refractivity contribution in [2.75, 3.05) is 11.9 Å². The van der Waals surface area contributed by atoms with Crippen LogP contribution in [0.3, 0.4) is 0 Å². The fourth-order valence-corrected chi connectivity index (χ4v) is 3.99. The standard InChI is InChI=1S/C19H16ClF5N4O/c1-9-10(4-2-5-26-9)11-8-12(16(19(23,24)25)30-17(21)22)15-14(13(11)20)28-18-27-6-3-7-29(15)18/h2,4-5,8,16-17H,3,6-7H2,1H3,(H,27,28). The normalized spacial score (nSPS) is 15.3. The first-order valence-corrected chi connectivity index (χ1v) is 9.45. The van der Waals surface area contributed by atoms with Crippen LogP contribution in [0, 0.1) is 6.92 Å². The third-order valence-corrected chi connectivity index (χ3v) is 5.33. The maximum atomic E-state index is 13.8. The summed E-state index contributed by atoms with van der Waals surface area (Å²) in [7, 11) is 0. The van der Waals surface area contributed by atoms with Gasteiger partial charge in [0.15, 0.2) is 6.10 Å². The summed E-state index contributed by atoms with van der Waals surface area (Å²) < 4.78 is 72.8. The second-order valence-electron chi connectivity index (χ2n) is 6.85. The summed E-state index contributed by atoms with van der Waals surface area (Å²) in [6.07, 6.45) is -5.77. The van der Waals surface area contributed by atoms with E-state index in [1.165, 1.54) is 10.8 Å². The third kappa shape index (κ3) is 3.58. The minimum atomic E-state index is -5.08. The largest absolute Gasteiger partial charge is 0.419 e. The monoisotopic (exact) mass is 446 g/mol. The molecule has 160 valence electrons. The number of ether oxygens (including phenoxy) is 1. The van der Waals surface area contributed by atoms with Crippen molar-refractivity contribution < 1.29 is 26.7 Å². The van der Waals surface area contributed by atoms with Crippen molar-refractivity contribution >= 4 is 28.6 Å². The number of halogens is 6. The molecule has 2 aromatic heterocycles. The van der Waals surface area contributed by atoms with Crippen LogP contribution in [0.2, 0.25) is 5.02 Å². The summed E-state index contributed by atoms with van der Waals surface area (Å²) in [4.78, 5) is 8.51. The van der Waals surface area contributed by atoms with Gasteiger partial charge in [-0.25, -0.2) is 4.98 Å². The van der Waals surface area contributed by atoms with E-state index >= 15 is 0 Å². The molecule has 4 rings (SSSR count). The molecule has 0 radical (unpaired) electrons. The van der Waals surface area contributed by atoms with Gasteiger partial charge < -0.3 is 14.6 Å². The Bertz CT molecular complexity index is 1100. The molecule has 3 heterocycles. The number of aromatic nitrogens is 3. The number of alkyl halides is 5. The zero-order chi connectivity index (χ0) is 21.6. The van der Waals surface area contributed by atoms with Crippen LogP contribution in [0.4, 0.5) is 27.9 Å². The first kappa shape index (κ1) is 20.8. The zero-order valence-corrected chi connectivity index (χ0v) is 16.4. The summed E-state index contributed by atoms with van der Waals surface area (Å²) in [5, 5.41) is 3.12. The highest BCUT2D eigenvalue weighted by molar-refractivity contribution is 6.38. The van der Waals surface area contributed by atoms with Gasteiger partial charge in [-0.15, -0.1) is 0 Å². The van der Waals surface area contributed by atoms with Crippen LogP contribution in [0.5, 0.6) is 0 Å². The van der Waals surface area contributed by atoms with E-state index in [2.05, 4.69) is 20.0 Å². The van der Waals surface area contributed by atoms with Crippen LogP contribution in [0.1, 0.15) is 23.8 Å². The molecule has 0 spiro atoms. The van der Waals surface area contributed by atoms with Gasteiger partial charge in [0.1, 0.15) is 5.52 Å². The van der Waals surface area contributed by atoms with E-state index in [9.17, 15) is 22.0 Å². The van der Waals surface area contributed by atoms with Gasteiger partial charge in [-0.1, -0.05) is 17.7 Å². The number of pyridine rings is 1. The van der Waals surface area contributed by atoms with Gasteiger partial charge in [0.05, 0.1) is 10.5 Å². The Morgan fingerprint density at radius 1 is 1.27 bits per heavy atom. The molecule has 30 heavy (non-hydrogen) atoms. The van der Waals surface area contributed by atoms with Gasteiger partial charge in [0.25, 0.3) is 0 Å². The van der Waals surface area contributed by atoms with Crippen molar-refractivity contribution in [2.45, 2.75) is 38.8 Å². The first-order chi connectivity index (χ1) is 14.2. The van der Waals surface area contributed by atoms with E-state index < -0.39 is 24.5 Å². The van der Waals surface area contributed by atoms with Crippen molar-refractivity contribution in [3.8, 4) is 11.1 Å². The maximum absolute atomic E-state index is 13.8. The number of hydrogen-bond acceptors (Lipinski definition) is 4. The molecular formula is C19H16ClF5N4O. The minimum absolute atomic E-state index is 0.0236. The van der Waals surface area contributed by atoms with E-state index in [-0.39, 0.29) is 21.6 Å². The Morgan fingerprint density at radius 2 is 2.03 bits per heavy atom.